The van der Waals surface area contributed by atoms with E-state index in [4.69, 9.17) is 37.6 Å². The van der Waals surface area contributed by atoms with Crippen LogP contribution in [0.4, 0.5) is 0 Å². The molecule has 10 nitrogen and oxygen atoms in total. The van der Waals surface area contributed by atoms with Crippen LogP contribution < -0.4 is 17.2 Å². The first-order chi connectivity index (χ1) is 13.4. The van der Waals surface area contributed by atoms with E-state index < -0.39 is 36.0 Å². The SMILES string of the molecule is CC(C)C[C@H](N)C(=O)O.CO.CSCC[C@H](N)C(=O)O.CSCC[C@H](N)C(=O)O. The molecule has 0 saturated heterocycles. The van der Waals surface area contributed by atoms with E-state index >= 15 is 0 Å². The standard InChI is InChI=1S/C6H13NO2.2C5H11NO2S.CH4O/c1-4(2)3-5(7)6(8)9;2*1-9-3-2-4(6)5(7)8;1-2/h4-5H,3,7H2,1-2H3,(H,8,9);2*4H,2-3,6H2,1H3,(H,7,8);2H,1H3/t5-;2*4-;/m000./s1. The molecule has 0 unspecified atom stereocenters. The maximum absolute atomic E-state index is 10.1. The van der Waals surface area contributed by atoms with E-state index in [-0.39, 0.29) is 0 Å². The molecule has 0 aliphatic heterocycles. The highest BCUT2D eigenvalue weighted by molar-refractivity contribution is 7.98. The van der Waals surface area contributed by atoms with Crippen molar-refractivity contribution in [1.29, 1.82) is 0 Å². The summed E-state index contributed by atoms with van der Waals surface area (Å²) in [5, 5.41) is 31.9. The Hall–Kier alpha value is -1.05. The second-order valence-electron chi connectivity index (χ2n) is 6.03. The van der Waals surface area contributed by atoms with Crippen molar-refractivity contribution in [1.82, 2.24) is 0 Å². The van der Waals surface area contributed by atoms with E-state index in [0.29, 0.717) is 25.2 Å². The molecule has 0 aliphatic carbocycles. The number of hydrogen-bond donors (Lipinski definition) is 7. The van der Waals surface area contributed by atoms with Crippen molar-refractivity contribution in [2.24, 2.45) is 23.1 Å². The zero-order valence-electron chi connectivity index (χ0n) is 17.9. The molecule has 12 heteroatoms. The van der Waals surface area contributed by atoms with Gasteiger partial charge in [0.2, 0.25) is 0 Å². The summed E-state index contributed by atoms with van der Waals surface area (Å²) in [5.41, 5.74) is 15.6. The molecule has 0 radical (unpaired) electrons. The highest BCUT2D eigenvalue weighted by Gasteiger charge is 2.12. The summed E-state index contributed by atoms with van der Waals surface area (Å²) in [7, 11) is 1.00. The number of aliphatic carboxylic acids is 3. The minimum Gasteiger partial charge on any atom is -0.480 e. The van der Waals surface area contributed by atoms with Crippen LogP contribution in [0.25, 0.3) is 0 Å². The number of aliphatic hydroxyl groups excluding tert-OH is 1. The van der Waals surface area contributed by atoms with Gasteiger partial charge in [0.1, 0.15) is 18.1 Å². The fourth-order valence-electron chi connectivity index (χ4n) is 1.35. The summed E-state index contributed by atoms with van der Waals surface area (Å²) in [6.45, 7) is 3.89. The molecule has 0 spiro atoms. The molecule has 0 rings (SSSR count). The molecule has 0 aliphatic rings. The van der Waals surface area contributed by atoms with Crippen LogP contribution in [0, 0.1) is 5.92 Å². The maximum Gasteiger partial charge on any atom is 0.320 e. The second kappa shape index (κ2) is 25.0. The highest BCUT2D eigenvalue weighted by Crippen LogP contribution is 2.01. The lowest BCUT2D eigenvalue weighted by Crippen LogP contribution is -2.31. The summed E-state index contributed by atoms with van der Waals surface area (Å²) >= 11 is 3.21. The van der Waals surface area contributed by atoms with Gasteiger partial charge in [0.15, 0.2) is 0 Å². The lowest BCUT2D eigenvalue weighted by atomic mass is 10.1. The first-order valence-corrected chi connectivity index (χ1v) is 11.6. The molecule has 0 aromatic rings. The maximum atomic E-state index is 10.1. The Morgan fingerprint density at radius 1 is 0.724 bits per heavy atom. The van der Waals surface area contributed by atoms with Gasteiger partial charge in [0.05, 0.1) is 0 Å². The number of carbonyl (C=O) groups is 3. The predicted molar refractivity (Wildman–Crippen MR) is 120 cm³/mol. The smallest absolute Gasteiger partial charge is 0.320 e. The molecule has 0 aromatic carbocycles. The Morgan fingerprint density at radius 2 is 1.00 bits per heavy atom. The van der Waals surface area contributed by atoms with Crippen LogP contribution in [0.15, 0.2) is 0 Å². The second-order valence-corrected chi connectivity index (χ2v) is 8.00. The molecule has 10 N–H and O–H groups in total. The van der Waals surface area contributed by atoms with Crippen molar-refractivity contribution in [2.45, 2.75) is 51.2 Å². The van der Waals surface area contributed by atoms with Crippen molar-refractivity contribution in [3.05, 3.63) is 0 Å². The summed E-state index contributed by atoms with van der Waals surface area (Å²) in [5.74, 6) is -0.756. The molecule has 29 heavy (non-hydrogen) atoms. The number of aliphatic hydroxyl groups is 1. The van der Waals surface area contributed by atoms with Gasteiger partial charge in [-0.2, -0.15) is 23.5 Å². The number of thioether (sulfide) groups is 2. The van der Waals surface area contributed by atoms with E-state index in [1.165, 1.54) is 0 Å². The molecule has 0 fully saturated rings. The Morgan fingerprint density at radius 3 is 1.14 bits per heavy atom. The molecular formula is C17H39N3O7S2. The Bertz CT molecular complexity index is 392. The number of nitrogens with two attached hydrogens (primary N) is 3. The van der Waals surface area contributed by atoms with Crippen LogP contribution in [0.5, 0.6) is 0 Å². The van der Waals surface area contributed by atoms with Crippen molar-refractivity contribution >= 4 is 41.4 Å². The van der Waals surface area contributed by atoms with Crippen LogP contribution >= 0.6 is 23.5 Å². The van der Waals surface area contributed by atoms with Crippen LogP contribution in [0.3, 0.4) is 0 Å². The minimum atomic E-state index is -0.913. The zero-order valence-corrected chi connectivity index (χ0v) is 19.5. The third-order valence-electron chi connectivity index (χ3n) is 2.94. The van der Waals surface area contributed by atoms with E-state index in [9.17, 15) is 14.4 Å². The van der Waals surface area contributed by atoms with Gasteiger partial charge in [-0.25, -0.2) is 0 Å². The highest BCUT2D eigenvalue weighted by atomic mass is 32.2. The summed E-state index contributed by atoms with van der Waals surface area (Å²) in [4.78, 5) is 30.3. The largest absolute Gasteiger partial charge is 0.480 e. The van der Waals surface area contributed by atoms with Gasteiger partial charge in [-0.05, 0) is 49.2 Å². The predicted octanol–water partition coefficient (Wildman–Crippen LogP) is 0.356. The van der Waals surface area contributed by atoms with Gasteiger partial charge in [0.25, 0.3) is 0 Å². The topological polar surface area (TPSA) is 210 Å². The monoisotopic (exact) mass is 461 g/mol. The van der Waals surface area contributed by atoms with Crippen LogP contribution in [-0.2, 0) is 14.4 Å². The molecule has 3 atom stereocenters. The third-order valence-corrected chi connectivity index (χ3v) is 4.23. The number of carboxylic acid groups (broad SMARTS) is 3. The normalized spacial score (nSPS) is 12.6. The number of carboxylic acids is 3. The van der Waals surface area contributed by atoms with Gasteiger partial charge in [0, 0.05) is 7.11 Å². The molecule has 0 bridgehead atoms. The Kier molecular flexibility index (Phi) is 30.5. The molecule has 0 saturated carbocycles. The molecular weight excluding hydrogens is 422 g/mol. The summed E-state index contributed by atoms with van der Waals surface area (Å²) in [6, 6.07) is -2.06. The van der Waals surface area contributed by atoms with Gasteiger partial charge in [-0.1, -0.05) is 13.8 Å². The van der Waals surface area contributed by atoms with Crippen molar-refractivity contribution < 1.29 is 34.8 Å². The zero-order chi connectivity index (χ0) is 24.0. The third kappa shape index (κ3) is 31.9. The fourth-order valence-corrected chi connectivity index (χ4v) is 2.32. The fraction of sp³-hybridized carbons (Fsp3) is 0.824. The number of hydrogen-bond acceptors (Lipinski definition) is 9. The van der Waals surface area contributed by atoms with E-state index in [0.717, 1.165) is 18.6 Å². The van der Waals surface area contributed by atoms with E-state index in [1.807, 2.05) is 26.4 Å². The van der Waals surface area contributed by atoms with Crippen LogP contribution in [0.1, 0.15) is 33.1 Å². The lowest BCUT2D eigenvalue weighted by Gasteiger charge is -2.07. The minimum absolute atomic E-state index is 0.357. The van der Waals surface area contributed by atoms with Crippen molar-refractivity contribution in [3.8, 4) is 0 Å². The molecule has 176 valence electrons. The van der Waals surface area contributed by atoms with E-state index in [2.05, 4.69) is 0 Å². The molecule has 0 heterocycles. The molecule has 0 amide bonds. The lowest BCUT2D eigenvalue weighted by molar-refractivity contribution is -0.139. The van der Waals surface area contributed by atoms with E-state index in [1.54, 1.807) is 23.5 Å². The Labute approximate surface area is 182 Å². The average molecular weight is 462 g/mol. The first kappa shape index (κ1) is 35.4. The first-order valence-electron chi connectivity index (χ1n) is 8.78. The van der Waals surface area contributed by atoms with Crippen LogP contribution in [0.2, 0.25) is 0 Å². The quantitative estimate of drug-likeness (QED) is 0.222. The molecule has 0 aromatic heterocycles. The van der Waals surface area contributed by atoms with Gasteiger partial charge in [-0.15, -0.1) is 0 Å². The summed E-state index contributed by atoms with van der Waals surface area (Å²) in [6.07, 6.45) is 5.51. The summed E-state index contributed by atoms with van der Waals surface area (Å²) < 4.78 is 0. The average Bonchev–Trinajstić information content (AvgIpc) is 2.65. The van der Waals surface area contributed by atoms with Crippen molar-refractivity contribution in [3.63, 3.8) is 0 Å². The van der Waals surface area contributed by atoms with Crippen LogP contribution in [-0.4, -0.2) is 87.6 Å². The van der Waals surface area contributed by atoms with Gasteiger partial charge >= 0.3 is 17.9 Å². The van der Waals surface area contributed by atoms with Gasteiger partial charge in [-0.3, -0.25) is 14.4 Å². The number of rotatable bonds is 11. The Balaban J connectivity index is -0.000000155. The van der Waals surface area contributed by atoms with Crippen molar-refractivity contribution in [2.75, 3.05) is 31.1 Å². The van der Waals surface area contributed by atoms with Gasteiger partial charge < -0.3 is 37.6 Å².